The topological polar surface area (TPSA) is 46.2 Å². The van der Waals surface area contributed by atoms with E-state index in [-0.39, 0.29) is 0 Å². The number of hydrogen-bond donors (Lipinski definition) is 1. The van der Waals surface area contributed by atoms with Gasteiger partial charge >= 0.3 is 0 Å². The number of nitrogens with one attached hydrogen (secondary N) is 1. The van der Waals surface area contributed by atoms with Gasteiger partial charge in [-0.3, -0.25) is 4.72 Å². The number of hydrogen-bond acceptors (Lipinski definition) is 2. The minimum absolute atomic E-state index is 0.319. The molecule has 2 aromatic rings. The van der Waals surface area contributed by atoms with Crippen LogP contribution in [0.4, 0.5) is 5.69 Å². The molecule has 2 aromatic carbocycles. The highest BCUT2D eigenvalue weighted by molar-refractivity contribution is 7.92. The normalized spacial score (nSPS) is 11.3. The van der Waals surface area contributed by atoms with Gasteiger partial charge in [0.05, 0.1) is 4.90 Å². The summed E-state index contributed by atoms with van der Waals surface area (Å²) < 4.78 is 27.4. The minimum atomic E-state index is -3.52. The summed E-state index contributed by atoms with van der Waals surface area (Å²) in [6.07, 6.45) is 3.33. The lowest BCUT2D eigenvalue weighted by Crippen LogP contribution is -2.14. The number of anilines is 1. The maximum Gasteiger partial charge on any atom is 0.262 e. The van der Waals surface area contributed by atoms with Crippen molar-refractivity contribution in [1.82, 2.24) is 0 Å². The predicted molar refractivity (Wildman–Crippen MR) is 87.0 cm³/mol. The van der Waals surface area contributed by atoms with Crippen LogP contribution in [0.5, 0.6) is 0 Å². The standard InChI is InChI=1S/C17H21NO2S/c1-3-4-8-15-10-12-16(13-11-15)18-21(19,20)17-9-6-5-7-14(17)2/h5-7,9-13,18H,3-4,8H2,1-2H3. The second-order valence-corrected chi connectivity index (χ2v) is 6.82. The van der Waals surface area contributed by atoms with E-state index in [9.17, 15) is 8.42 Å². The largest absolute Gasteiger partial charge is 0.280 e. The molecule has 0 saturated carbocycles. The molecule has 0 atom stereocenters. The average molecular weight is 303 g/mol. The van der Waals surface area contributed by atoms with Gasteiger partial charge in [0.15, 0.2) is 0 Å². The molecule has 0 amide bonds. The van der Waals surface area contributed by atoms with Gasteiger partial charge < -0.3 is 0 Å². The number of rotatable bonds is 6. The molecule has 0 bridgehead atoms. The SMILES string of the molecule is CCCCc1ccc(NS(=O)(=O)c2ccccc2C)cc1. The molecule has 21 heavy (non-hydrogen) atoms. The first-order valence-corrected chi connectivity index (χ1v) is 8.68. The van der Waals surface area contributed by atoms with E-state index in [4.69, 9.17) is 0 Å². The van der Waals surface area contributed by atoms with Crippen molar-refractivity contribution in [2.24, 2.45) is 0 Å². The van der Waals surface area contributed by atoms with Crippen LogP contribution in [0.3, 0.4) is 0 Å². The molecule has 0 unspecified atom stereocenters. The van der Waals surface area contributed by atoms with E-state index in [0.717, 1.165) is 24.8 Å². The monoisotopic (exact) mass is 303 g/mol. The third-order valence-electron chi connectivity index (χ3n) is 3.41. The van der Waals surface area contributed by atoms with Crippen LogP contribution in [-0.2, 0) is 16.4 Å². The van der Waals surface area contributed by atoms with E-state index in [1.807, 2.05) is 30.3 Å². The molecule has 0 fully saturated rings. The van der Waals surface area contributed by atoms with Gasteiger partial charge in [-0.2, -0.15) is 0 Å². The highest BCUT2D eigenvalue weighted by atomic mass is 32.2. The van der Waals surface area contributed by atoms with E-state index in [2.05, 4.69) is 11.6 Å². The molecule has 3 nitrogen and oxygen atoms in total. The first-order chi connectivity index (χ1) is 10.0. The van der Waals surface area contributed by atoms with Gasteiger partial charge in [0, 0.05) is 5.69 Å². The van der Waals surface area contributed by atoms with E-state index < -0.39 is 10.0 Å². The summed E-state index contributed by atoms with van der Waals surface area (Å²) >= 11 is 0. The van der Waals surface area contributed by atoms with Crippen LogP contribution in [0, 0.1) is 6.92 Å². The Bertz CT molecular complexity index is 691. The molecule has 0 radical (unpaired) electrons. The van der Waals surface area contributed by atoms with Crippen molar-refractivity contribution >= 4 is 15.7 Å². The molecule has 0 spiro atoms. The first kappa shape index (κ1) is 15.6. The fourth-order valence-corrected chi connectivity index (χ4v) is 3.49. The number of aryl methyl sites for hydroxylation is 2. The minimum Gasteiger partial charge on any atom is -0.280 e. The Morgan fingerprint density at radius 2 is 1.67 bits per heavy atom. The van der Waals surface area contributed by atoms with Crippen LogP contribution in [0.2, 0.25) is 0 Å². The van der Waals surface area contributed by atoms with Crippen LogP contribution >= 0.6 is 0 Å². The van der Waals surface area contributed by atoms with Gasteiger partial charge in [0.25, 0.3) is 10.0 Å². The molecular formula is C17H21NO2S. The molecule has 0 aliphatic rings. The Kier molecular flexibility index (Phi) is 5.02. The third-order valence-corrected chi connectivity index (χ3v) is 4.95. The highest BCUT2D eigenvalue weighted by Gasteiger charge is 2.16. The lowest BCUT2D eigenvalue weighted by atomic mass is 10.1. The molecule has 0 aliphatic carbocycles. The Morgan fingerprint density at radius 1 is 1.00 bits per heavy atom. The summed E-state index contributed by atoms with van der Waals surface area (Å²) in [5.41, 5.74) is 2.57. The first-order valence-electron chi connectivity index (χ1n) is 7.20. The van der Waals surface area contributed by atoms with E-state index in [1.165, 1.54) is 5.56 Å². The van der Waals surface area contributed by atoms with Crippen LogP contribution in [0.25, 0.3) is 0 Å². The summed E-state index contributed by atoms with van der Waals surface area (Å²) in [6, 6.07) is 14.6. The summed E-state index contributed by atoms with van der Waals surface area (Å²) in [4.78, 5) is 0.319. The zero-order chi connectivity index (χ0) is 15.3. The molecule has 0 heterocycles. The molecule has 0 aromatic heterocycles. The Hall–Kier alpha value is -1.81. The van der Waals surface area contributed by atoms with Crippen molar-refractivity contribution in [2.45, 2.75) is 38.0 Å². The maximum atomic E-state index is 12.4. The molecule has 0 aliphatic heterocycles. The van der Waals surface area contributed by atoms with Crippen molar-refractivity contribution in [1.29, 1.82) is 0 Å². The van der Waals surface area contributed by atoms with Gasteiger partial charge in [0.1, 0.15) is 0 Å². The maximum absolute atomic E-state index is 12.4. The van der Waals surface area contributed by atoms with Crippen molar-refractivity contribution in [2.75, 3.05) is 4.72 Å². The summed E-state index contributed by atoms with van der Waals surface area (Å²) in [7, 11) is -3.52. The van der Waals surface area contributed by atoms with Crippen LogP contribution in [0.1, 0.15) is 30.9 Å². The quantitative estimate of drug-likeness (QED) is 0.872. The third kappa shape index (κ3) is 4.08. The Morgan fingerprint density at radius 3 is 2.29 bits per heavy atom. The average Bonchev–Trinajstić information content (AvgIpc) is 2.46. The van der Waals surface area contributed by atoms with Gasteiger partial charge in [-0.05, 0) is 49.1 Å². The van der Waals surface area contributed by atoms with Gasteiger partial charge in [-0.15, -0.1) is 0 Å². The number of sulfonamides is 1. The van der Waals surface area contributed by atoms with Crippen molar-refractivity contribution < 1.29 is 8.42 Å². The van der Waals surface area contributed by atoms with Crippen molar-refractivity contribution in [3.05, 3.63) is 59.7 Å². The van der Waals surface area contributed by atoms with E-state index >= 15 is 0 Å². The zero-order valence-electron chi connectivity index (χ0n) is 12.5. The lowest BCUT2D eigenvalue weighted by Gasteiger charge is -2.10. The molecule has 4 heteroatoms. The van der Waals surface area contributed by atoms with Crippen LogP contribution < -0.4 is 4.72 Å². The zero-order valence-corrected chi connectivity index (χ0v) is 13.3. The second-order valence-electron chi connectivity index (χ2n) is 5.17. The molecule has 1 N–H and O–H groups in total. The lowest BCUT2D eigenvalue weighted by molar-refractivity contribution is 0.600. The van der Waals surface area contributed by atoms with Gasteiger partial charge in [0.2, 0.25) is 0 Å². The Balaban J connectivity index is 2.16. The van der Waals surface area contributed by atoms with Crippen molar-refractivity contribution in [3.63, 3.8) is 0 Å². The highest BCUT2D eigenvalue weighted by Crippen LogP contribution is 2.19. The molecule has 0 saturated heterocycles. The summed E-state index contributed by atoms with van der Waals surface area (Å²) in [5, 5.41) is 0. The fourth-order valence-electron chi connectivity index (χ4n) is 2.19. The number of unbranched alkanes of at least 4 members (excludes halogenated alkanes) is 1. The van der Waals surface area contributed by atoms with Gasteiger partial charge in [-0.25, -0.2) is 8.42 Å². The van der Waals surface area contributed by atoms with Crippen molar-refractivity contribution in [3.8, 4) is 0 Å². The predicted octanol–water partition coefficient (Wildman–Crippen LogP) is 4.14. The summed E-state index contributed by atoms with van der Waals surface area (Å²) in [5.74, 6) is 0. The molecular weight excluding hydrogens is 282 g/mol. The second kappa shape index (κ2) is 6.76. The summed E-state index contributed by atoms with van der Waals surface area (Å²) in [6.45, 7) is 3.95. The fraction of sp³-hybridized carbons (Fsp3) is 0.294. The number of benzene rings is 2. The van der Waals surface area contributed by atoms with Crippen LogP contribution in [-0.4, -0.2) is 8.42 Å². The molecule has 112 valence electrons. The molecule has 2 rings (SSSR count). The van der Waals surface area contributed by atoms with Crippen LogP contribution in [0.15, 0.2) is 53.4 Å². The smallest absolute Gasteiger partial charge is 0.262 e. The van der Waals surface area contributed by atoms with E-state index in [0.29, 0.717) is 10.6 Å². The Labute approximate surface area is 127 Å². The van der Waals surface area contributed by atoms with E-state index in [1.54, 1.807) is 25.1 Å². The van der Waals surface area contributed by atoms with Gasteiger partial charge in [-0.1, -0.05) is 43.7 Å².